The van der Waals surface area contributed by atoms with E-state index in [1.54, 1.807) is 17.9 Å². The fourth-order valence-corrected chi connectivity index (χ4v) is 2.45. The summed E-state index contributed by atoms with van der Waals surface area (Å²) in [5.74, 6) is -1.57. The van der Waals surface area contributed by atoms with Gasteiger partial charge in [-0.15, -0.1) is 0 Å². The van der Waals surface area contributed by atoms with Gasteiger partial charge < -0.3 is 19.9 Å². The molecule has 114 valence electrons. The maximum atomic E-state index is 12.1. The van der Waals surface area contributed by atoms with Crippen molar-refractivity contribution in [3.63, 3.8) is 0 Å². The van der Waals surface area contributed by atoms with Crippen LogP contribution in [-0.2, 0) is 16.1 Å². The molecule has 0 radical (unpaired) electrons. The van der Waals surface area contributed by atoms with Gasteiger partial charge in [-0.2, -0.15) is 0 Å². The van der Waals surface area contributed by atoms with Gasteiger partial charge in [-0.25, -0.2) is 0 Å². The molecule has 1 fully saturated rings. The Morgan fingerprint density at radius 3 is 2.62 bits per heavy atom. The van der Waals surface area contributed by atoms with Gasteiger partial charge in [-0.1, -0.05) is 0 Å². The first kappa shape index (κ1) is 15.1. The molecule has 1 atom stereocenters. The maximum absolute atomic E-state index is 12.1. The number of rotatable bonds is 5. The Labute approximate surface area is 122 Å². The molecule has 0 aliphatic carbocycles. The summed E-state index contributed by atoms with van der Waals surface area (Å²) in [6.45, 7) is 2.82. The molecule has 7 nitrogen and oxygen atoms in total. The van der Waals surface area contributed by atoms with Crippen LogP contribution in [0.3, 0.4) is 0 Å². The van der Waals surface area contributed by atoms with Crippen molar-refractivity contribution in [3.05, 3.63) is 24.0 Å². The number of carbonyl (C=O) groups excluding carboxylic acids is 2. The predicted octanol–water partition coefficient (Wildman–Crippen LogP) is 0.313. The minimum Gasteiger partial charge on any atom is -0.480 e. The third kappa shape index (κ3) is 3.62. The number of carboxylic acid groups (broad SMARTS) is 1. The van der Waals surface area contributed by atoms with Gasteiger partial charge in [0.1, 0.15) is 18.3 Å². The lowest BCUT2D eigenvalue weighted by molar-refractivity contribution is -0.137. The Balaban J connectivity index is 1.99. The lowest BCUT2D eigenvalue weighted by Gasteiger charge is -2.21. The lowest BCUT2D eigenvalue weighted by atomic mass is 10.2. The number of nitrogens with zero attached hydrogens (tertiary/aromatic N) is 2. The monoisotopic (exact) mass is 293 g/mol. The molecule has 2 heterocycles. The van der Waals surface area contributed by atoms with Crippen LogP contribution < -0.4 is 5.32 Å². The van der Waals surface area contributed by atoms with E-state index in [-0.39, 0.29) is 18.1 Å². The van der Waals surface area contributed by atoms with Gasteiger partial charge in [0.05, 0.1) is 0 Å². The SMILES string of the molecule is CC(NC(=O)c1cccn1CC(=O)O)C(=O)N1CCCC1. The van der Waals surface area contributed by atoms with Crippen molar-refractivity contribution in [3.8, 4) is 0 Å². The molecule has 2 N–H and O–H groups in total. The Kier molecular flexibility index (Phi) is 4.62. The highest BCUT2D eigenvalue weighted by molar-refractivity contribution is 5.96. The Hall–Kier alpha value is -2.31. The first-order chi connectivity index (χ1) is 9.99. The van der Waals surface area contributed by atoms with Crippen LogP contribution in [0.15, 0.2) is 18.3 Å². The molecule has 2 amide bonds. The standard InChI is InChI=1S/C14H19N3O4/c1-10(14(21)16-6-2-3-7-16)15-13(20)11-5-4-8-17(11)9-12(18)19/h4-5,8,10H,2-3,6-7,9H2,1H3,(H,15,20)(H,18,19). The molecule has 0 saturated carbocycles. The van der Waals surface area contributed by atoms with Gasteiger partial charge in [0.25, 0.3) is 5.91 Å². The molecular weight excluding hydrogens is 274 g/mol. The summed E-state index contributed by atoms with van der Waals surface area (Å²) < 4.78 is 1.34. The number of aromatic nitrogens is 1. The van der Waals surface area contributed by atoms with Crippen LogP contribution in [0.25, 0.3) is 0 Å². The van der Waals surface area contributed by atoms with Crippen molar-refractivity contribution >= 4 is 17.8 Å². The number of aliphatic carboxylic acids is 1. The Bertz CT molecular complexity index is 546. The third-order valence-corrected chi connectivity index (χ3v) is 3.50. The van der Waals surface area contributed by atoms with Crippen molar-refractivity contribution in [2.75, 3.05) is 13.1 Å². The minimum absolute atomic E-state index is 0.0998. The van der Waals surface area contributed by atoms with Crippen molar-refractivity contribution in [2.24, 2.45) is 0 Å². The van der Waals surface area contributed by atoms with Crippen LogP contribution in [0, 0.1) is 0 Å². The third-order valence-electron chi connectivity index (χ3n) is 3.50. The van der Waals surface area contributed by atoms with Gasteiger partial charge in [-0.3, -0.25) is 14.4 Å². The van der Waals surface area contributed by atoms with Crippen LogP contribution in [0.5, 0.6) is 0 Å². The van der Waals surface area contributed by atoms with Crippen LogP contribution >= 0.6 is 0 Å². The number of nitrogens with one attached hydrogen (secondary N) is 1. The Morgan fingerprint density at radius 1 is 1.33 bits per heavy atom. The van der Waals surface area contributed by atoms with Crippen molar-refractivity contribution in [1.82, 2.24) is 14.8 Å². The van der Waals surface area contributed by atoms with E-state index in [9.17, 15) is 14.4 Å². The molecule has 2 rings (SSSR count). The van der Waals surface area contributed by atoms with E-state index in [1.165, 1.54) is 16.8 Å². The normalized spacial score (nSPS) is 15.8. The summed E-state index contributed by atoms with van der Waals surface area (Å²) in [6.07, 6.45) is 3.51. The molecule has 1 saturated heterocycles. The zero-order chi connectivity index (χ0) is 15.4. The molecule has 0 aromatic carbocycles. The molecular formula is C14H19N3O4. The molecule has 7 heteroatoms. The second-order valence-corrected chi connectivity index (χ2v) is 5.14. The molecule has 0 bridgehead atoms. The zero-order valence-corrected chi connectivity index (χ0v) is 11.9. The highest BCUT2D eigenvalue weighted by Crippen LogP contribution is 2.09. The summed E-state index contributed by atoms with van der Waals surface area (Å²) >= 11 is 0. The van der Waals surface area contributed by atoms with E-state index in [4.69, 9.17) is 5.11 Å². The Morgan fingerprint density at radius 2 is 2.00 bits per heavy atom. The summed E-state index contributed by atoms with van der Waals surface area (Å²) in [5.41, 5.74) is 0.235. The van der Waals surface area contributed by atoms with Crippen LogP contribution in [-0.4, -0.2) is 51.5 Å². The van der Waals surface area contributed by atoms with E-state index < -0.39 is 17.9 Å². The van der Waals surface area contributed by atoms with Crippen molar-refractivity contribution < 1.29 is 19.5 Å². The number of carbonyl (C=O) groups is 3. The predicted molar refractivity (Wildman–Crippen MR) is 74.8 cm³/mol. The molecule has 0 spiro atoms. The zero-order valence-electron chi connectivity index (χ0n) is 11.9. The summed E-state index contributed by atoms with van der Waals surface area (Å²) in [4.78, 5) is 36.7. The average Bonchev–Trinajstić information content (AvgIpc) is 3.07. The van der Waals surface area contributed by atoms with Crippen LogP contribution in [0.4, 0.5) is 0 Å². The molecule has 1 unspecified atom stereocenters. The fourth-order valence-electron chi connectivity index (χ4n) is 2.45. The van der Waals surface area contributed by atoms with Crippen molar-refractivity contribution in [2.45, 2.75) is 32.4 Å². The van der Waals surface area contributed by atoms with E-state index in [0.717, 1.165) is 25.9 Å². The molecule has 1 aliphatic heterocycles. The van der Waals surface area contributed by atoms with Gasteiger partial charge in [0, 0.05) is 19.3 Å². The first-order valence-electron chi connectivity index (χ1n) is 6.95. The highest BCUT2D eigenvalue weighted by Gasteiger charge is 2.25. The summed E-state index contributed by atoms with van der Waals surface area (Å²) in [6, 6.07) is 2.51. The number of amides is 2. The second kappa shape index (κ2) is 6.43. The van der Waals surface area contributed by atoms with E-state index in [0.29, 0.717) is 0 Å². The smallest absolute Gasteiger partial charge is 0.323 e. The number of hydrogen-bond acceptors (Lipinski definition) is 3. The van der Waals surface area contributed by atoms with Gasteiger partial charge in [0.15, 0.2) is 0 Å². The van der Waals surface area contributed by atoms with E-state index in [1.807, 2.05) is 0 Å². The molecule has 21 heavy (non-hydrogen) atoms. The van der Waals surface area contributed by atoms with Crippen LogP contribution in [0.2, 0.25) is 0 Å². The maximum Gasteiger partial charge on any atom is 0.323 e. The van der Waals surface area contributed by atoms with Gasteiger partial charge in [-0.05, 0) is 31.9 Å². The van der Waals surface area contributed by atoms with E-state index >= 15 is 0 Å². The van der Waals surface area contributed by atoms with Gasteiger partial charge in [0.2, 0.25) is 5.91 Å². The van der Waals surface area contributed by atoms with Crippen LogP contribution in [0.1, 0.15) is 30.3 Å². The molecule has 1 aromatic heterocycles. The second-order valence-electron chi connectivity index (χ2n) is 5.14. The van der Waals surface area contributed by atoms with E-state index in [2.05, 4.69) is 5.32 Å². The number of likely N-dealkylation sites (tertiary alicyclic amines) is 1. The minimum atomic E-state index is -1.03. The lowest BCUT2D eigenvalue weighted by Crippen LogP contribution is -2.46. The summed E-state index contributed by atoms with van der Waals surface area (Å²) in [5, 5.41) is 11.4. The number of hydrogen-bond donors (Lipinski definition) is 2. The quantitative estimate of drug-likeness (QED) is 0.817. The topological polar surface area (TPSA) is 91.6 Å². The fraction of sp³-hybridized carbons (Fsp3) is 0.500. The molecule has 1 aliphatic rings. The molecule has 1 aromatic rings. The van der Waals surface area contributed by atoms with Crippen molar-refractivity contribution in [1.29, 1.82) is 0 Å². The number of carboxylic acids is 1. The average molecular weight is 293 g/mol. The summed E-state index contributed by atoms with van der Waals surface area (Å²) in [7, 11) is 0. The first-order valence-corrected chi connectivity index (χ1v) is 6.95. The van der Waals surface area contributed by atoms with Gasteiger partial charge >= 0.3 is 5.97 Å². The highest BCUT2D eigenvalue weighted by atomic mass is 16.4. The largest absolute Gasteiger partial charge is 0.480 e.